The highest BCUT2D eigenvalue weighted by molar-refractivity contribution is 7.99. The Morgan fingerprint density at radius 2 is 2.13 bits per heavy atom. The molecule has 1 aliphatic carbocycles. The van der Waals surface area contributed by atoms with Crippen molar-refractivity contribution in [2.75, 3.05) is 0 Å². The average molecular weight is 330 g/mol. The number of aryl methyl sites for hydroxylation is 1. The van der Waals surface area contributed by atoms with Crippen molar-refractivity contribution in [1.82, 2.24) is 9.97 Å². The third-order valence-corrected chi connectivity index (χ3v) is 6.35. The molecule has 0 saturated heterocycles. The molecule has 1 N–H and O–H groups in total. The molecular formula is C19H26N2OS. The van der Waals surface area contributed by atoms with E-state index in [-0.39, 0.29) is 5.56 Å². The summed E-state index contributed by atoms with van der Waals surface area (Å²) in [5.41, 5.74) is 2.38. The van der Waals surface area contributed by atoms with Gasteiger partial charge in [-0.05, 0) is 49.7 Å². The predicted octanol–water partition coefficient (Wildman–Crippen LogP) is 4.82. The first kappa shape index (κ1) is 16.6. The predicted molar refractivity (Wildman–Crippen MR) is 99.0 cm³/mol. The Hall–Kier alpha value is -1.29. The Labute approximate surface area is 142 Å². The highest BCUT2D eigenvalue weighted by Crippen LogP contribution is 2.38. The van der Waals surface area contributed by atoms with Crippen molar-refractivity contribution in [3.05, 3.63) is 39.9 Å². The summed E-state index contributed by atoms with van der Waals surface area (Å²) in [7, 11) is 0. The van der Waals surface area contributed by atoms with E-state index in [0.29, 0.717) is 16.1 Å². The SMILES string of the molecule is Cc1cccc2c(=O)[nH]c(CSC3CCCC(C)(C)CC3)nc12. The van der Waals surface area contributed by atoms with Crippen molar-refractivity contribution in [2.45, 2.75) is 63.9 Å². The Morgan fingerprint density at radius 3 is 2.96 bits per heavy atom. The van der Waals surface area contributed by atoms with Crippen LogP contribution in [0.5, 0.6) is 0 Å². The van der Waals surface area contributed by atoms with Crippen LogP contribution in [-0.2, 0) is 5.75 Å². The van der Waals surface area contributed by atoms with Crippen molar-refractivity contribution in [3.8, 4) is 0 Å². The fraction of sp³-hybridized carbons (Fsp3) is 0.579. The molecule has 124 valence electrons. The van der Waals surface area contributed by atoms with Gasteiger partial charge in [-0.2, -0.15) is 11.8 Å². The molecule has 0 amide bonds. The van der Waals surface area contributed by atoms with Crippen LogP contribution >= 0.6 is 11.8 Å². The van der Waals surface area contributed by atoms with E-state index in [2.05, 4.69) is 18.8 Å². The molecule has 1 aliphatic rings. The lowest BCUT2D eigenvalue weighted by Crippen LogP contribution is -2.13. The zero-order valence-corrected chi connectivity index (χ0v) is 15.1. The van der Waals surface area contributed by atoms with Gasteiger partial charge >= 0.3 is 0 Å². The molecule has 0 spiro atoms. The fourth-order valence-electron chi connectivity index (χ4n) is 3.41. The Kier molecular flexibility index (Phi) is 4.81. The monoisotopic (exact) mass is 330 g/mol. The molecule has 1 heterocycles. The summed E-state index contributed by atoms with van der Waals surface area (Å²) in [6.45, 7) is 6.77. The minimum Gasteiger partial charge on any atom is -0.309 e. The van der Waals surface area contributed by atoms with E-state index in [0.717, 1.165) is 22.7 Å². The summed E-state index contributed by atoms with van der Waals surface area (Å²) in [4.78, 5) is 19.9. The molecule has 2 aromatic rings. The third-order valence-electron chi connectivity index (χ3n) is 4.97. The van der Waals surface area contributed by atoms with Gasteiger partial charge in [0.05, 0.1) is 16.7 Å². The van der Waals surface area contributed by atoms with E-state index in [4.69, 9.17) is 4.98 Å². The molecule has 3 rings (SSSR count). The number of thioether (sulfide) groups is 1. The third kappa shape index (κ3) is 3.97. The summed E-state index contributed by atoms with van der Waals surface area (Å²) in [5, 5.41) is 1.38. The van der Waals surface area contributed by atoms with Gasteiger partial charge in [-0.25, -0.2) is 4.98 Å². The molecule has 0 aliphatic heterocycles. The second-order valence-corrected chi connectivity index (χ2v) is 8.80. The Balaban J connectivity index is 1.72. The van der Waals surface area contributed by atoms with E-state index < -0.39 is 0 Å². The van der Waals surface area contributed by atoms with Crippen molar-refractivity contribution < 1.29 is 0 Å². The van der Waals surface area contributed by atoms with Crippen LogP contribution in [0.2, 0.25) is 0 Å². The van der Waals surface area contributed by atoms with Gasteiger partial charge < -0.3 is 4.98 Å². The van der Waals surface area contributed by atoms with Crippen molar-refractivity contribution in [1.29, 1.82) is 0 Å². The van der Waals surface area contributed by atoms with E-state index in [1.165, 1.54) is 32.1 Å². The second-order valence-electron chi connectivity index (χ2n) is 7.51. The van der Waals surface area contributed by atoms with Crippen LogP contribution in [-0.4, -0.2) is 15.2 Å². The number of nitrogens with zero attached hydrogens (tertiary/aromatic N) is 1. The maximum absolute atomic E-state index is 12.2. The second kappa shape index (κ2) is 6.68. The molecule has 1 unspecified atom stereocenters. The molecule has 1 fully saturated rings. The number of para-hydroxylation sites is 1. The van der Waals surface area contributed by atoms with Crippen LogP contribution in [0.25, 0.3) is 10.9 Å². The van der Waals surface area contributed by atoms with Gasteiger partial charge in [-0.1, -0.05) is 32.4 Å². The van der Waals surface area contributed by atoms with E-state index in [1.807, 2.05) is 36.9 Å². The maximum Gasteiger partial charge on any atom is 0.258 e. The summed E-state index contributed by atoms with van der Waals surface area (Å²) in [6, 6.07) is 5.77. The maximum atomic E-state index is 12.2. The minimum absolute atomic E-state index is 0.0173. The summed E-state index contributed by atoms with van der Waals surface area (Å²) in [6.07, 6.45) is 6.49. The molecule has 1 aromatic heterocycles. The minimum atomic E-state index is -0.0173. The topological polar surface area (TPSA) is 45.8 Å². The average Bonchev–Trinajstić information content (AvgIpc) is 2.67. The van der Waals surface area contributed by atoms with Gasteiger partial charge in [0.2, 0.25) is 0 Å². The van der Waals surface area contributed by atoms with Gasteiger partial charge in [-0.3, -0.25) is 4.79 Å². The number of aromatic nitrogens is 2. The number of H-pyrrole nitrogens is 1. The fourth-order valence-corrected chi connectivity index (χ4v) is 4.56. The highest BCUT2D eigenvalue weighted by Gasteiger charge is 2.24. The number of hydrogen-bond acceptors (Lipinski definition) is 3. The first-order chi connectivity index (χ1) is 10.9. The molecule has 23 heavy (non-hydrogen) atoms. The number of benzene rings is 1. The quantitative estimate of drug-likeness (QED) is 0.820. The van der Waals surface area contributed by atoms with Crippen LogP contribution in [0.1, 0.15) is 57.3 Å². The standard InChI is InChI=1S/C19H26N2OS/c1-13-6-4-8-15-17(13)20-16(21-18(15)22)12-23-14-7-5-10-19(2,3)11-9-14/h4,6,8,14H,5,7,9-12H2,1-3H3,(H,20,21,22). The largest absolute Gasteiger partial charge is 0.309 e. The molecule has 1 aromatic carbocycles. The number of rotatable bonds is 3. The van der Waals surface area contributed by atoms with Gasteiger partial charge in [0.25, 0.3) is 5.56 Å². The van der Waals surface area contributed by atoms with Crippen LogP contribution in [0.4, 0.5) is 0 Å². The number of nitrogens with one attached hydrogen (secondary N) is 1. The Bertz CT molecular complexity index is 751. The number of hydrogen-bond donors (Lipinski definition) is 1. The van der Waals surface area contributed by atoms with Crippen molar-refractivity contribution in [3.63, 3.8) is 0 Å². The van der Waals surface area contributed by atoms with Gasteiger partial charge in [0.15, 0.2) is 0 Å². The van der Waals surface area contributed by atoms with Gasteiger partial charge in [0.1, 0.15) is 5.82 Å². The van der Waals surface area contributed by atoms with Crippen LogP contribution in [0, 0.1) is 12.3 Å². The van der Waals surface area contributed by atoms with Gasteiger partial charge in [-0.15, -0.1) is 0 Å². The van der Waals surface area contributed by atoms with Crippen molar-refractivity contribution >= 4 is 22.7 Å². The Morgan fingerprint density at radius 1 is 1.30 bits per heavy atom. The molecule has 0 radical (unpaired) electrons. The molecule has 3 nitrogen and oxygen atoms in total. The normalized spacial score (nSPS) is 21.3. The van der Waals surface area contributed by atoms with Crippen LogP contribution in [0.3, 0.4) is 0 Å². The van der Waals surface area contributed by atoms with E-state index in [1.54, 1.807) is 0 Å². The lowest BCUT2D eigenvalue weighted by Gasteiger charge is -2.21. The highest BCUT2D eigenvalue weighted by atomic mass is 32.2. The van der Waals surface area contributed by atoms with Crippen LogP contribution < -0.4 is 5.56 Å². The van der Waals surface area contributed by atoms with E-state index in [9.17, 15) is 4.79 Å². The molecular weight excluding hydrogens is 304 g/mol. The lowest BCUT2D eigenvalue weighted by atomic mass is 9.85. The first-order valence-electron chi connectivity index (χ1n) is 8.55. The van der Waals surface area contributed by atoms with E-state index >= 15 is 0 Å². The number of fused-ring (bicyclic) bond motifs is 1. The smallest absolute Gasteiger partial charge is 0.258 e. The summed E-state index contributed by atoms with van der Waals surface area (Å²) in [5.74, 6) is 1.61. The summed E-state index contributed by atoms with van der Waals surface area (Å²) >= 11 is 1.96. The molecule has 4 heteroatoms. The zero-order valence-electron chi connectivity index (χ0n) is 14.3. The number of aromatic amines is 1. The lowest BCUT2D eigenvalue weighted by molar-refractivity contribution is 0.315. The summed E-state index contributed by atoms with van der Waals surface area (Å²) < 4.78 is 0. The molecule has 1 atom stereocenters. The zero-order chi connectivity index (χ0) is 16.4. The first-order valence-corrected chi connectivity index (χ1v) is 9.60. The van der Waals surface area contributed by atoms with Crippen LogP contribution in [0.15, 0.2) is 23.0 Å². The van der Waals surface area contributed by atoms with Gasteiger partial charge in [0, 0.05) is 5.25 Å². The molecule has 1 saturated carbocycles. The van der Waals surface area contributed by atoms with Crippen molar-refractivity contribution in [2.24, 2.45) is 5.41 Å². The molecule has 0 bridgehead atoms.